The van der Waals surface area contributed by atoms with Gasteiger partial charge in [-0.3, -0.25) is 9.78 Å². The maximum atomic E-state index is 12.7. The molecule has 0 aliphatic heterocycles. The van der Waals surface area contributed by atoms with Crippen molar-refractivity contribution in [3.63, 3.8) is 0 Å². The molecule has 0 atom stereocenters. The van der Waals surface area contributed by atoms with Crippen LogP contribution >= 0.6 is 11.8 Å². The van der Waals surface area contributed by atoms with Gasteiger partial charge in [0.15, 0.2) is 11.0 Å². The number of carbonyl (C=O) groups excluding carboxylic acids is 1. The molecule has 0 N–H and O–H groups in total. The fourth-order valence-electron chi connectivity index (χ4n) is 2.45. The molecule has 0 unspecified atom stereocenters. The van der Waals surface area contributed by atoms with Crippen molar-refractivity contribution in [1.29, 1.82) is 5.26 Å². The van der Waals surface area contributed by atoms with Gasteiger partial charge in [-0.15, -0.1) is 10.2 Å². The van der Waals surface area contributed by atoms with E-state index in [-0.39, 0.29) is 18.1 Å². The van der Waals surface area contributed by atoms with Crippen molar-refractivity contribution < 1.29 is 4.79 Å². The quantitative estimate of drug-likeness (QED) is 0.581. The van der Waals surface area contributed by atoms with Crippen molar-refractivity contribution in [2.75, 3.05) is 17.2 Å². The van der Waals surface area contributed by atoms with Crippen molar-refractivity contribution in [1.82, 2.24) is 24.7 Å². The van der Waals surface area contributed by atoms with Gasteiger partial charge in [-0.1, -0.05) is 30.0 Å². The minimum Gasteiger partial charge on any atom is -0.311 e. The van der Waals surface area contributed by atoms with Crippen molar-refractivity contribution in [3.05, 3.63) is 48.9 Å². The number of hydrogen-bond acceptors (Lipinski definition) is 7. The standard InChI is InChI=1S/C18H17N7OS/c1-24-17(15-12-20-9-10-21-15)22-23-18(24)27-13-16(26)25(11-5-8-19)14-6-3-2-4-7-14/h2-4,6-7,9-10,12H,5,11,13H2,1H3. The number of nitrogens with zero attached hydrogens (tertiary/aromatic N) is 7. The minimum absolute atomic E-state index is 0.0921. The Bertz CT molecular complexity index is 937. The van der Waals surface area contributed by atoms with Gasteiger partial charge in [0.05, 0.1) is 24.4 Å². The third-order valence-corrected chi connectivity index (χ3v) is 4.77. The van der Waals surface area contributed by atoms with Gasteiger partial charge in [0.1, 0.15) is 5.69 Å². The summed E-state index contributed by atoms with van der Waals surface area (Å²) in [7, 11) is 1.82. The largest absolute Gasteiger partial charge is 0.311 e. The number of carbonyl (C=O) groups is 1. The van der Waals surface area contributed by atoms with Crippen LogP contribution in [0.25, 0.3) is 11.5 Å². The smallest absolute Gasteiger partial charge is 0.237 e. The number of benzene rings is 1. The van der Waals surface area contributed by atoms with Crippen LogP contribution in [0, 0.1) is 11.3 Å². The van der Waals surface area contributed by atoms with E-state index in [9.17, 15) is 4.79 Å². The number of nitriles is 1. The molecule has 0 saturated carbocycles. The number of para-hydroxylation sites is 1. The molecule has 9 heteroatoms. The zero-order valence-corrected chi connectivity index (χ0v) is 15.5. The van der Waals surface area contributed by atoms with E-state index in [2.05, 4.69) is 26.2 Å². The third kappa shape index (κ3) is 4.48. The van der Waals surface area contributed by atoms with E-state index < -0.39 is 0 Å². The lowest BCUT2D eigenvalue weighted by Crippen LogP contribution is -2.33. The second kappa shape index (κ2) is 8.91. The van der Waals surface area contributed by atoms with Gasteiger partial charge in [0, 0.05) is 31.7 Å². The predicted octanol–water partition coefficient (Wildman–Crippen LogP) is 2.31. The van der Waals surface area contributed by atoms with E-state index in [1.165, 1.54) is 11.8 Å². The Balaban J connectivity index is 1.71. The highest BCUT2D eigenvalue weighted by Gasteiger charge is 2.18. The number of aromatic nitrogens is 5. The lowest BCUT2D eigenvalue weighted by atomic mass is 10.2. The highest BCUT2D eigenvalue weighted by atomic mass is 32.2. The zero-order chi connectivity index (χ0) is 19.1. The number of rotatable bonds is 7. The van der Waals surface area contributed by atoms with E-state index in [0.717, 1.165) is 5.69 Å². The van der Waals surface area contributed by atoms with Gasteiger partial charge < -0.3 is 9.47 Å². The monoisotopic (exact) mass is 379 g/mol. The molecule has 136 valence electrons. The Morgan fingerprint density at radius 3 is 2.78 bits per heavy atom. The molecular formula is C18H17N7OS. The second-order valence-corrected chi connectivity index (χ2v) is 6.48. The van der Waals surface area contributed by atoms with Crippen LogP contribution in [0.1, 0.15) is 6.42 Å². The first-order chi connectivity index (χ1) is 13.2. The van der Waals surface area contributed by atoms with Crippen molar-refractivity contribution in [2.45, 2.75) is 11.6 Å². The molecule has 3 aromatic rings. The fraction of sp³-hybridized carbons (Fsp3) is 0.222. The van der Waals surface area contributed by atoms with E-state index in [4.69, 9.17) is 5.26 Å². The summed E-state index contributed by atoms with van der Waals surface area (Å²) in [4.78, 5) is 22.6. The summed E-state index contributed by atoms with van der Waals surface area (Å²) in [6.07, 6.45) is 5.07. The van der Waals surface area contributed by atoms with Crippen LogP contribution in [0.5, 0.6) is 0 Å². The SMILES string of the molecule is Cn1c(SCC(=O)N(CCC#N)c2ccccc2)nnc1-c1cnccn1. The van der Waals surface area contributed by atoms with Gasteiger partial charge in [-0.2, -0.15) is 5.26 Å². The summed E-state index contributed by atoms with van der Waals surface area (Å²) < 4.78 is 1.78. The molecule has 0 fully saturated rings. The molecule has 0 aliphatic carbocycles. The van der Waals surface area contributed by atoms with Crippen LogP contribution in [-0.4, -0.2) is 42.9 Å². The predicted molar refractivity (Wildman–Crippen MR) is 102 cm³/mol. The highest BCUT2D eigenvalue weighted by Crippen LogP contribution is 2.22. The van der Waals surface area contributed by atoms with Crippen molar-refractivity contribution in [2.24, 2.45) is 7.05 Å². The molecule has 1 aromatic carbocycles. The van der Waals surface area contributed by atoms with Crippen LogP contribution < -0.4 is 4.90 Å². The third-order valence-electron chi connectivity index (χ3n) is 3.77. The summed E-state index contributed by atoms with van der Waals surface area (Å²) >= 11 is 1.29. The fourth-order valence-corrected chi connectivity index (χ4v) is 3.24. The lowest BCUT2D eigenvalue weighted by molar-refractivity contribution is -0.116. The van der Waals surface area contributed by atoms with Gasteiger partial charge >= 0.3 is 0 Å². The number of thioether (sulfide) groups is 1. The maximum absolute atomic E-state index is 12.7. The molecule has 1 amide bonds. The molecule has 3 rings (SSSR count). The average Bonchev–Trinajstić information content (AvgIpc) is 3.08. The average molecular weight is 379 g/mol. The van der Waals surface area contributed by atoms with Crippen LogP contribution in [-0.2, 0) is 11.8 Å². The topological polar surface area (TPSA) is 101 Å². The molecular weight excluding hydrogens is 362 g/mol. The molecule has 8 nitrogen and oxygen atoms in total. The minimum atomic E-state index is -0.0921. The summed E-state index contributed by atoms with van der Waals surface area (Å²) in [6, 6.07) is 11.4. The molecule has 0 aliphatic rings. The van der Waals surface area contributed by atoms with Crippen molar-refractivity contribution in [3.8, 4) is 17.6 Å². The summed E-state index contributed by atoms with van der Waals surface area (Å²) in [5.41, 5.74) is 1.39. The van der Waals surface area contributed by atoms with E-state index in [0.29, 0.717) is 23.2 Å². The van der Waals surface area contributed by atoms with Gasteiger partial charge in [-0.05, 0) is 12.1 Å². The van der Waals surface area contributed by atoms with Gasteiger partial charge in [-0.25, -0.2) is 4.98 Å². The highest BCUT2D eigenvalue weighted by molar-refractivity contribution is 7.99. The first-order valence-corrected chi connectivity index (χ1v) is 9.20. The maximum Gasteiger partial charge on any atom is 0.237 e. The zero-order valence-electron chi connectivity index (χ0n) is 14.7. The molecule has 2 heterocycles. The molecule has 2 aromatic heterocycles. The number of anilines is 1. The Kier molecular flexibility index (Phi) is 6.12. The molecule has 0 bridgehead atoms. The number of hydrogen-bond donors (Lipinski definition) is 0. The summed E-state index contributed by atoms with van der Waals surface area (Å²) in [5, 5.41) is 17.8. The van der Waals surface area contributed by atoms with E-state index >= 15 is 0 Å². The summed E-state index contributed by atoms with van der Waals surface area (Å²) in [5.74, 6) is 0.681. The van der Waals surface area contributed by atoms with Crippen LogP contribution in [0.15, 0.2) is 54.1 Å². The first-order valence-electron chi connectivity index (χ1n) is 8.21. The Labute approximate surface area is 160 Å². The normalized spacial score (nSPS) is 10.4. The molecule has 0 saturated heterocycles. The van der Waals surface area contributed by atoms with E-state index in [1.807, 2.05) is 37.4 Å². The van der Waals surface area contributed by atoms with Crippen LogP contribution in [0.4, 0.5) is 5.69 Å². The Hall–Kier alpha value is -3.25. The van der Waals surface area contributed by atoms with Crippen LogP contribution in [0.2, 0.25) is 0 Å². The molecule has 0 spiro atoms. The molecule has 27 heavy (non-hydrogen) atoms. The lowest BCUT2D eigenvalue weighted by Gasteiger charge is -2.21. The van der Waals surface area contributed by atoms with Gasteiger partial charge in [0.25, 0.3) is 0 Å². The molecule has 0 radical (unpaired) electrons. The van der Waals surface area contributed by atoms with Gasteiger partial charge in [0.2, 0.25) is 5.91 Å². The summed E-state index contributed by atoms with van der Waals surface area (Å²) in [6.45, 7) is 0.351. The number of amides is 1. The van der Waals surface area contributed by atoms with Crippen molar-refractivity contribution >= 4 is 23.4 Å². The Morgan fingerprint density at radius 2 is 2.07 bits per heavy atom. The van der Waals surface area contributed by atoms with Crippen LogP contribution in [0.3, 0.4) is 0 Å². The van der Waals surface area contributed by atoms with E-state index in [1.54, 1.807) is 28.1 Å². The Morgan fingerprint density at radius 1 is 1.26 bits per heavy atom. The second-order valence-electron chi connectivity index (χ2n) is 5.53. The first kappa shape index (κ1) is 18.5.